The van der Waals surface area contributed by atoms with Gasteiger partial charge in [-0.15, -0.1) is 0 Å². The summed E-state index contributed by atoms with van der Waals surface area (Å²) < 4.78 is 6.05. The van der Waals surface area contributed by atoms with Gasteiger partial charge in [0, 0.05) is 37.2 Å². The van der Waals surface area contributed by atoms with Crippen LogP contribution in [0.1, 0.15) is 24.0 Å². The van der Waals surface area contributed by atoms with E-state index in [0.29, 0.717) is 43.4 Å². The number of likely N-dealkylation sites (tertiary alicyclic amines) is 1. The summed E-state index contributed by atoms with van der Waals surface area (Å²) in [5.41, 5.74) is 1.85. The third kappa shape index (κ3) is 3.04. The van der Waals surface area contributed by atoms with E-state index in [9.17, 15) is 9.59 Å². The third-order valence-electron chi connectivity index (χ3n) is 4.93. The molecule has 4 heterocycles. The van der Waals surface area contributed by atoms with E-state index in [1.807, 2.05) is 12.3 Å². The van der Waals surface area contributed by atoms with Gasteiger partial charge in [-0.05, 0) is 36.6 Å². The smallest absolute Gasteiger partial charge is 0.315 e. The van der Waals surface area contributed by atoms with Crippen molar-refractivity contribution in [3.05, 3.63) is 52.9 Å². The lowest BCUT2D eigenvalue weighted by atomic mass is 9.85. The number of carbonyl (C=O) groups is 2. The highest BCUT2D eigenvalue weighted by Crippen LogP contribution is 2.43. The maximum Gasteiger partial charge on any atom is 0.315 e. The zero-order valence-corrected chi connectivity index (χ0v) is 14.7. The number of hydrogen-bond acceptors (Lipinski definition) is 5. The normalized spacial score (nSPS) is 17.8. The molecule has 26 heavy (non-hydrogen) atoms. The Hall–Kier alpha value is -2.51. The number of amides is 2. The molecule has 1 fully saturated rings. The Morgan fingerprint density at radius 2 is 2.00 bits per heavy atom. The highest BCUT2D eigenvalue weighted by Gasteiger charge is 2.44. The topological polar surface area (TPSA) is 84.4 Å². The maximum absolute atomic E-state index is 12.4. The first kappa shape index (κ1) is 16.9. The molecule has 0 bridgehead atoms. The molecule has 2 aliphatic heterocycles. The SMILES string of the molecule is O=C(Nc1ccc(Cl)cn1)C(=O)N1CCC2(CC1)OCc1ccncc12. The van der Waals surface area contributed by atoms with Crippen molar-refractivity contribution in [1.29, 1.82) is 0 Å². The van der Waals surface area contributed by atoms with Gasteiger partial charge in [-0.2, -0.15) is 0 Å². The summed E-state index contributed by atoms with van der Waals surface area (Å²) in [6, 6.07) is 5.12. The largest absolute Gasteiger partial charge is 0.365 e. The molecule has 4 rings (SSSR count). The minimum atomic E-state index is -0.704. The summed E-state index contributed by atoms with van der Waals surface area (Å²) in [5.74, 6) is -0.980. The number of piperidine rings is 1. The van der Waals surface area contributed by atoms with E-state index in [0.717, 1.165) is 11.1 Å². The number of rotatable bonds is 1. The highest BCUT2D eigenvalue weighted by molar-refractivity contribution is 6.39. The second-order valence-corrected chi connectivity index (χ2v) is 6.86. The average Bonchev–Trinajstić information content (AvgIpc) is 3.02. The number of pyridine rings is 2. The Morgan fingerprint density at radius 3 is 2.73 bits per heavy atom. The predicted molar refractivity (Wildman–Crippen MR) is 94.4 cm³/mol. The summed E-state index contributed by atoms with van der Waals surface area (Å²) in [5, 5.41) is 2.96. The van der Waals surface area contributed by atoms with E-state index in [4.69, 9.17) is 16.3 Å². The van der Waals surface area contributed by atoms with E-state index in [1.54, 1.807) is 23.2 Å². The molecule has 0 atom stereocenters. The van der Waals surface area contributed by atoms with Crippen LogP contribution in [0.4, 0.5) is 5.82 Å². The number of ether oxygens (including phenoxy) is 1. The van der Waals surface area contributed by atoms with Crippen molar-refractivity contribution in [3.8, 4) is 0 Å². The monoisotopic (exact) mass is 372 g/mol. The first-order chi connectivity index (χ1) is 12.6. The van der Waals surface area contributed by atoms with Gasteiger partial charge in [0.1, 0.15) is 5.82 Å². The summed E-state index contributed by atoms with van der Waals surface area (Å²) in [6.07, 6.45) is 6.30. The number of nitrogens with one attached hydrogen (secondary N) is 1. The fourth-order valence-corrected chi connectivity index (χ4v) is 3.61. The van der Waals surface area contributed by atoms with E-state index < -0.39 is 17.4 Å². The van der Waals surface area contributed by atoms with Gasteiger partial charge in [0.25, 0.3) is 0 Å². The van der Waals surface area contributed by atoms with Crippen LogP contribution < -0.4 is 5.32 Å². The van der Waals surface area contributed by atoms with Gasteiger partial charge >= 0.3 is 11.8 Å². The molecule has 0 aliphatic carbocycles. The Bertz CT molecular complexity index is 848. The molecule has 1 spiro atoms. The number of anilines is 1. The van der Waals surface area contributed by atoms with Crippen molar-refractivity contribution >= 4 is 29.2 Å². The van der Waals surface area contributed by atoms with E-state index in [-0.39, 0.29) is 0 Å². The summed E-state index contributed by atoms with van der Waals surface area (Å²) >= 11 is 5.76. The van der Waals surface area contributed by atoms with Gasteiger partial charge in [0.15, 0.2) is 0 Å². The summed E-state index contributed by atoms with van der Waals surface area (Å²) in [4.78, 5) is 34.3. The number of carbonyl (C=O) groups excluding carboxylic acids is 2. The minimum absolute atomic E-state index is 0.292. The van der Waals surface area contributed by atoms with Crippen LogP contribution in [0.2, 0.25) is 5.02 Å². The Balaban J connectivity index is 1.39. The van der Waals surface area contributed by atoms with Gasteiger partial charge in [-0.1, -0.05) is 11.6 Å². The van der Waals surface area contributed by atoms with E-state index >= 15 is 0 Å². The lowest BCUT2D eigenvalue weighted by molar-refractivity contribution is -0.147. The zero-order valence-electron chi connectivity index (χ0n) is 13.9. The molecule has 2 aromatic heterocycles. The Morgan fingerprint density at radius 1 is 1.19 bits per heavy atom. The number of halogens is 1. The number of aromatic nitrogens is 2. The van der Waals surface area contributed by atoms with Crippen LogP contribution in [-0.4, -0.2) is 39.8 Å². The molecule has 0 unspecified atom stereocenters. The van der Waals surface area contributed by atoms with Crippen molar-refractivity contribution < 1.29 is 14.3 Å². The molecule has 134 valence electrons. The van der Waals surface area contributed by atoms with Crippen LogP contribution in [-0.2, 0) is 26.5 Å². The fraction of sp³-hybridized carbons (Fsp3) is 0.333. The quantitative estimate of drug-likeness (QED) is 0.775. The van der Waals surface area contributed by atoms with Crippen LogP contribution in [0.15, 0.2) is 36.8 Å². The van der Waals surface area contributed by atoms with Gasteiger partial charge in [0.2, 0.25) is 0 Å². The molecule has 0 radical (unpaired) electrons. The molecule has 8 heteroatoms. The van der Waals surface area contributed by atoms with E-state index in [1.165, 1.54) is 6.20 Å². The lowest BCUT2D eigenvalue weighted by Gasteiger charge is -2.38. The van der Waals surface area contributed by atoms with Gasteiger partial charge in [-0.3, -0.25) is 14.6 Å². The highest BCUT2D eigenvalue weighted by atomic mass is 35.5. The first-order valence-electron chi connectivity index (χ1n) is 8.36. The lowest BCUT2D eigenvalue weighted by Crippen LogP contribution is -2.48. The molecule has 2 amide bonds. The molecule has 7 nitrogen and oxygen atoms in total. The summed E-state index contributed by atoms with van der Waals surface area (Å²) in [7, 11) is 0. The average molecular weight is 373 g/mol. The van der Waals surface area contributed by atoms with Crippen molar-refractivity contribution in [2.24, 2.45) is 0 Å². The fourth-order valence-electron chi connectivity index (χ4n) is 3.50. The molecular weight excluding hydrogens is 356 g/mol. The van der Waals surface area contributed by atoms with Crippen LogP contribution in [0.25, 0.3) is 0 Å². The molecule has 1 N–H and O–H groups in total. The Kier molecular flexibility index (Phi) is 4.34. The minimum Gasteiger partial charge on any atom is -0.365 e. The van der Waals surface area contributed by atoms with E-state index in [2.05, 4.69) is 15.3 Å². The van der Waals surface area contributed by atoms with Crippen molar-refractivity contribution in [1.82, 2.24) is 14.9 Å². The van der Waals surface area contributed by atoms with Crippen molar-refractivity contribution in [2.75, 3.05) is 18.4 Å². The van der Waals surface area contributed by atoms with Crippen LogP contribution in [0, 0.1) is 0 Å². The standard InChI is InChI=1S/C18H17ClN4O3/c19-13-1-2-15(21-9-13)22-16(24)17(25)23-7-4-18(5-8-23)14-10-20-6-3-12(14)11-26-18/h1-3,6,9-10H,4-5,7-8,11H2,(H,21,22,24). The van der Waals surface area contributed by atoms with Gasteiger partial charge < -0.3 is 15.0 Å². The van der Waals surface area contributed by atoms with Crippen LogP contribution in [0.3, 0.4) is 0 Å². The molecule has 0 saturated carbocycles. The Labute approximate surface area is 155 Å². The predicted octanol–water partition coefficient (Wildman–Crippen LogP) is 2.12. The molecule has 2 aliphatic rings. The molecular formula is C18H17ClN4O3. The van der Waals surface area contributed by atoms with Crippen molar-refractivity contribution in [2.45, 2.75) is 25.0 Å². The molecule has 1 saturated heterocycles. The maximum atomic E-state index is 12.4. The van der Waals surface area contributed by atoms with Gasteiger partial charge in [0.05, 0.1) is 17.2 Å². The van der Waals surface area contributed by atoms with Crippen LogP contribution in [0.5, 0.6) is 0 Å². The van der Waals surface area contributed by atoms with Gasteiger partial charge in [-0.25, -0.2) is 4.98 Å². The molecule has 0 aromatic carbocycles. The third-order valence-corrected chi connectivity index (χ3v) is 5.15. The summed E-state index contributed by atoms with van der Waals surface area (Å²) in [6.45, 7) is 1.47. The molecule has 2 aromatic rings. The zero-order chi connectivity index (χ0) is 18.1. The number of fused-ring (bicyclic) bond motifs is 2. The van der Waals surface area contributed by atoms with Crippen LogP contribution >= 0.6 is 11.6 Å². The number of nitrogens with zero attached hydrogens (tertiary/aromatic N) is 3. The second kappa shape index (κ2) is 6.66. The number of hydrogen-bond donors (Lipinski definition) is 1. The second-order valence-electron chi connectivity index (χ2n) is 6.42. The first-order valence-corrected chi connectivity index (χ1v) is 8.74. The van der Waals surface area contributed by atoms with Crippen molar-refractivity contribution in [3.63, 3.8) is 0 Å².